The summed E-state index contributed by atoms with van der Waals surface area (Å²) in [6.45, 7) is 3.93. The molecule has 0 amide bonds. The van der Waals surface area contributed by atoms with E-state index in [4.69, 9.17) is 4.74 Å². The van der Waals surface area contributed by atoms with Gasteiger partial charge in [-0.1, -0.05) is 42.5 Å². The Kier molecular flexibility index (Phi) is 4.41. The zero-order chi connectivity index (χ0) is 14.5. The highest BCUT2D eigenvalue weighted by atomic mass is 16.5. The fourth-order valence-corrected chi connectivity index (χ4v) is 2.10. The lowest BCUT2D eigenvalue weighted by molar-refractivity contribution is -0.144. The molecule has 104 valence electrons. The molecular weight excluding hydrogens is 252 g/mol. The van der Waals surface area contributed by atoms with Crippen molar-refractivity contribution in [2.24, 2.45) is 0 Å². The Labute approximate surface area is 118 Å². The molecule has 0 bridgehead atoms. The van der Waals surface area contributed by atoms with Crippen molar-refractivity contribution in [2.75, 3.05) is 0 Å². The topological polar surface area (TPSA) is 46.5 Å². The minimum Gasteiger partial charge on any atom is -0.507 e. The number of hydrogen-bond acceptors (Lipinski definition) is 3. The molecule has 0 aromatic heterocycles. The van der Waals surface area contributed by atoms with Crippen LogP contribution < -0.4 is 0 Å². The fraction of sp³-hybridized carbons (Fsp3) is 0.235. The molecule has 2 rings (SSSR count). The van der Waals surface area contributed by atoms with E-state index in [2.05, 4.69) is 0 Å². The van der Waals surface area contributed by atoms with Crippen molar-refractivity contribution in [1.82, 2.24) is 0 Å². The van der Waals surface area contributed by atoms with Gasteiger partial charge in [0.05, 0.1) is 6.42 Å². The van der Waals surface area contributed by atoms with Gasteiger partial charge in [0.2, 0.25) is 0 Å². The maximum atomic E-state index is 11.8. The number of aromatic hydroxyl groups is 1. The average Bonchev–Trinajstić information content (AvgIpc) is 2.43. The Balaban J connectivity index is 1.95. The van der Waals surface area contributed by atoms with Crippen LogP contribution in [-0.2, 0) is 22.6 Å². The summed E-state index contributed by atoms with van der Waals surface area (Å²) in [5.41, 5.74) is 3.38. The van der Waals surface area contributed by atoms with Crippen LogP contribution in [0.4, 0.5) is 0 Å². The highest BCUT2D eigenvalue weighted by molar-refractivity contribution is 5.73. The summed E-state index contributed by atoms with van der Waals surface area (Å²) in [5.74, 6) is 0.0183. The van der Waals surface area contributed by atoms with Crippen molar-refractivity contribution in [3.8, 4) is 5.75 Å². The van der Waals surface area contributed by atoms with Gasteiger partial charge in [-0.3, -0.25) is 4.79 Å². The molecule has 0 spiro atoms. The molecule has 0 atom stereocenters. The van der Waals surface area contributed by atoms with E-state index in [9.17, 15) is 9.90 Å². The van der Waals surface area contributed by atoms with Crippen molar-refractivity contribution in [3.63, 3.8) is 0 Å². The van der Waals surface area contributed by atoms with Gasteiger partial charge in [-0.2, -0.15) is 0 Å². The number of phenolic OH excluding ortho intramolecular Hbond substituents is 1. The molecule has 0 saturated heterocycles. The zero-order valence-corrected chi connectivity index (χ0v) is 11.7. The predicted octanol–water partition coefficient (Wildman–Crippen LogP) is 3.29. The van der Waals surface area contributed by atoms with Crippen molar-refractivity contribution >= 4 is 5.97 Å². The third-order valence-electron chi connectivity index (χ3n) is 3.14. The van der Waals surface area contributed by atoms with Crippen LogP contribution >= 0.6 is 0 Å². The summed E-state index contributed by atoms with van der Waals surface area (Å²) in [6, 6.07) is 13.2. The molecule has 0 saturated carbocycles. The average molecular weight is 270 g/mol. The van der Waals surface area contributed by atoms with Crippen LogP contribution in [0, 0.1) is 13.8 Å². The van der Waals surface area contributed by atoms with Gasteiger partial charge in [-0.15, -0.1) is 0 Å². The summed E-state index contributed by atoms with van der Waals surface area (Å²) < 4.78 is 5.24. The third-order valence-corrected chi connectivity index (χ3v) is 3.14. The summed E-state index contributed by atoms with van der Waals surface area (Å²) in [7, 11) is 0. The van der Waals surface area contributed by atoms with Gasteiger partial charge in [0.15, 0.2) is 0 Å². The number of aryl methyl sites for hydroxylation is 2. The molecule has 2 aromatic carbocycles. The number of benzene rings is 2. The number of carbonyl (C=O) groups is 1. The molecule has 20 heavy (non-hydrogen) atoms. The third kappa shape index (κ3) is 3.60. The molecule has 0 aliphatic rings. The minimum atomic E-state index is -0.265. The standard InChI is InChI=1S/C17H18O3/c1-12-8-15(9-13(2)17(12)19)10-16(18)20-11-14-6-4-3-5-7-14/h3-9,19H,10-11H2,1-2H3. The van der Waals surface area contributed by atoms with Gasteiger partial charge >= 0.3 is 5.97 Å². The number of hydrogen-bond donors (Lipinski definition) is 1. The van der Waals surface area contributed by atoms with Crippen molar-refractivity contribution in [2.45, 2.75) is 26.9 Å². The summed E-state index contributed by atoms with van der Waals surface area (Å²) in [5, 5.41) is 9.70. The predicted molar refractivity (Wildman–Crippen MR) is 77.5 cm³/mol. The van der Waals surface area contributed by atoms with Crippen LogP contribution in [0.15, 0.2) is 42.5 Å². The maximum absolute atomic E-state index is 11.8. The maximum Gasteiger partial charge on any atom is 0.310 e. The molecule has 0 fully saturated rings. The summed E-state index contributed by atoms with van der Waals surface area (Å²) >= 11 is 0. The van der Waals surface area contributed by atoms with Gasteiger partial charge in [0.1, 0.15) is 12.4 Å². The number of phenols is 1. The Morgan fingerprint density at radius 3 is 2.25 bits per heavy atom. The van der Waals surface area contributed by atoms with Gasteiger partial charge < -0.3 is 9.84 Å². The lowest BCUT2D eigenvalue weighted by Gasteiger charge is -2.08. The SMILES string of the molecule is Cc1cc(CC(=O)OCc2ccccc2)cc(C)c1O. The Morgan fingerprint density at radius 2 is 1.65 bits per heavy atom. The number of esters is 1. The highest BCUT2D eigenvalue weighted by Gasteiger charge is 2.09. The molecule has 0 aliphatic heterocycles. The Morgan fingerprint density at radius 1 is 1.05 bits per heavy atom. The number of carbonyl (C=O) groups excluding carboxylic acids is 1. The van der Waals surface area contributed by atoms with Crippen LogP contribution in [0.1, 0.15) is 22.3 Å². The van der Waals surface area contributed by atoms with Crippen molar-refractivity contribution in [1.29, 1.82) is 0 Å². The van der Waals surface area contributed by atoms with Crippen LogP contribution in [0.3, 0.4) is 0 Å². The molecule has 0 aliphatic carbocycles. The van der Waals surface area contributed by atoms with E-state index in [1.165, 1.54) is 0 Å². The van der Waals surface area contributed by atoms with E-state index in [0.717, 1.165) is 22.3 Å². The molecule has 2 aromatic rings. The second-order valence-corrected chi connectivity index (χ2v) is 4.90. The molecule has 0 heterocycles. The van der Waals surface area contributed by atoms with Crippen molar-refractivity contribution in [3.05, 3.63) is 64.7 Å². The second kappa shape index (κ2) is 6.24. The monoisotopic (exact) mass is 270 g/mol. The van der Waals surface area contributed by atoms with E-state index in [-0.39, 0.29) is 24.7 Å². The zero-order valence-electron chi connectivity index (χ0n) is 11.7. The Bertz CT molecular complexity index is 580. The van der Waals surface area contributed by atoms with E-state index in [1.54, 1.807) is 0 Å². The summed E-state index contributed by atoms with van der Waals surface area (Å²) in [6.07, 6.45) is 0.217. The molecule has 3 heteroatoms. The smallest absolute Gasteiger partial charge is 0.310 e. The number of rotatable bonds is 4. The van der Waals surface area contributed by atoms with Gasteiger partial charge in [-0.25, -0.2) is 0 Å². The summed E-state index contributed by atoms with van der Waals surface area (Å²) in [4.78, 5) is 11.8. The van der Waals surface area contributed by atoms with Crippen LogP contribution in [-0.4, -0.2) is 11.1 Å². The normalized spacial score (nSPS) is 10.3. The van der Waals surface area contributed by atoms with Gasteiger partial charge in [0.25, 0.3) is 0 Å². The minimum absolute atomic E-state index is 0.217. The van der Waals surface area contributed by atoms with Crippen LogP contribution in [0.2, 0.25) is 0 Å². The molecular formula is C17H18O3. The fourth-order valence-electron chi connectivity index (χ4n) is 2.10. The lowest BCUT2D eigenvalue weighted by atomic mass is 10.0. The van der Waals surface area contributed by atoms with Gasteiger partial charge in [-0.05, 0) is 36.1 Å². The van der Waals surface area contributed by atoms with E-state index < -0.39 is 0 Å². The van der Waals surface area contributed by atoms with Gasteiger partial charge in [0, 0.05) is 0 Å². The quantitative estimate of drug-likeness (QED) is 0.867. The largest absolute Gasteiger partial charge is 0.507 e. The van der Waals surface area contributed by atoms with E-state index in [1.807, 2.05) is 56.3 Å². The Hall–Kier alpha value is -2.29. The molecule has 1 N–H and O–H groups in total. The number of ether oxygens (including phenoxy) is 1. The first-order chi connectivity index (χ1) is 9.56. The lowest BCUT2D eigenvalue weighted by Crippen LogP contribution is -2.08. The first-order valence-electron chi connectivity index (χ1n) is 6.55. The second-order valence-electron chi connectivity index (χ2n) is 4.90. The first-order valence-corrected chi connectivity index (χ1v) is 6.55. The van der Waals surface area contributed by atoms with Crippen LogP contribution in [0.5, 0.6) is 5.75 Å². The highest BCUT2D eigenvalue weighted by Crippen LogP contribution is 2.23. The molecule has 0 unspecified atom stereocenters. The van der Waals surface area contributed by atoms with Crippen molar-refractivity contribution < 1.29 is 14.6 Å². The van der Waals surface area contributed by atoms with E-state index >= 15 is 0 Å². The van der Waals surface area contributed by atoms with E-state index in [0.29, 0.717) is 0 Å². The van der Waals surface area contributed by atoms with Crippen LogP contribution in [0.25, 0.3) is 0 Å². The first kappa shape index (κ1) is 14.1. The molecule has 3 nitrogen and oxygen atoms in total. The molecule has 0 radical (unpaired) electrons.